The highest BCUT2D eigenvalue weighted by atomic mass is 32.1. The summed E-state index contributed by atoms with van der Waals surface area (Å²) in [7, 11) is 1.46. The molecule has 3 N–H and O–H groups in total. The van der Waals surface area contributed by atoms with E-state index < -0.39 is 7.14 Å². The zero-order valence-electron chi connectivity index (χ0n) is 21.6. The summed E-state index contributed by atoms with van der Waals surface area (Å²) in [5.74, 6) is 1.06. The summed E-state index contributed by atoms with van der Waals surface area (Å²) >= 11 is 1.53. The second-order valence-electron chi connectivity index (χ2n) is 9.84. The van der Waals surface area contributed by atoms with Crippen molar-refractivity contribution in [1.29, 1.82) is 0 Å². The molecule has 3 aromatic heterocycles. The van der Waals surface area contributed by atoms with Gasteiger partial charge in [0.05, 0.1) is 27.8 Å². The summed E-state index contributed by atoms with van der Waals surface area (Å²) in [5.41, 5.74) is 6.15. The Hall–Kier alpha value is -3.88. The van der Waals surface area contributed by atoms with Gasteiger partial charge in [0.25, 0.3) is 0 Å². The molecule has 0 spiro atoms. The lowest BCUT2D eigenvalue weighted by Gasteiger charge is -2.21. The Morgan fingerprint density at radius 3 is 2.66 bits per heavy atom. The van der Waals surface area contributed by atoms with Gasteiger partial charge >= 0.3 is 0 Å². The monoisotopic (exact) mass is 545 g/mol. The Morgan fingerprint density at radius 1 is 1.03 bits per heavy atom. The van der Waals surface area contributed by atoms with Crippen molar-refractivity contribution in [2.75, 3.05) is 42.5 Å². The minimum atomic E-state index is -2.52. The van der Waals surface area contributed by atoms with E-state index in [9.17, 15) is 9.67 Å². The number of aryl methyl sites for hydroxylation is 1. The highest BCUT2D eigenvalue weighted by Crippen LogP contribution is 2.43. The predicted molar refractivity (Wildman–Crippen MR) is 157 cm³/mol. The zero-order chi connectivity index (χ0) is 26.6. The molecule has 1 aliphatic heterocycles. The first-order valence-electron chi connectivity index (χ1n) is 12.2. The van der Waals surface area contributed by atoms with Gasteiger partial charge in [-0.15, -0.1) is 11.3 Å². The molecular formula is C27H28N7O2PS. The average Bonchev–Trinajstić information content (AvgIpc) is 3.46. The SMILES string of the molecule is CN1CCc2c(cnn2C)-c2cc(Nc3nc(Nc4ccccc4P(C)(C)=O)c4sccc4n3)c(O)cc21. The molecule has 0 unspecified atom stereocenters. The maximum absolute atomic E-state index is 12.9. The Morgan fingerprint density at radius 2 is 1.84 bits per heavy atom. The third kappa shape index (κ3) is 4.29. The lowest BCUT2D eigenvalue weighted by Crippen LogP contribution is -2.20. The number of rotatable bonds is 5. The smallest absolute Gasteiger partial charge is 0.229 e. The Kier molecular flexibility index (Phi) is 5.89. The Labute approximate surface area is 224 Å². The number of aromatic hydroxyl groups is 1. The van der Waals surface area contributed by atoms with Gasteiger partial charge in [-0.1, -0.05) is 12.1 Å². The van der Waals surface area contributed by atoms with Crippen LogP contribution < -0.4 is 20.8 Å². The van der Waals surface area contributed by atoms with E-state index in [1.165, 1.54) is 11.3 Å². The number of nitrogens with zero attached hydrogens (tertiary/aromatic N) is 5. The molecule has 0 atom stereocenters. The Balaban J connectivity index is 1.42. The predicted octanol–water partition coefficient (Wildman–Crippen LogP) is 5.52. The Bertz CT molecular complexity index is 1740. The van der Waals surface area contributed by atoms with Crippen molar-refractivity contribution in [3.05, 3.63) is 59.7 Å². The van der Waals surface area contributed by atoms with Gasteiger partial charge < -0.3 is 25.2 Å². The fraction of sp³-hybridized carbons (Fsp3) is 0.222. The maximum atomic E-state index is 12.9. The molecule has 0 aliphatic carbocycles. The van der Waals surface area contributed by atoms with Crippen molar-refractivity contribution in [1.82, 2.24) is 19.7 Å². The second-order valence-corrected chi connectivity index (χ2v) is 13.9. The molecule has 0 fully saturated rings. The van der Waals surface area contributed by atoms with Crippen LogP contribution in [-0.4, -0.2) is 51.8 Å². The minimum Gasteiger partial charge on any atom is -0.506 e. The highest BCUT2D eigenvalue weighted by Gasteiger charge is 2.23. The molecule has 6 rings (SSSR count). The van der Waals surface area contributed by atoms with E-state index in [0.717, 1.165) is 56.7 Å². The van der Waals surface area contributed by atoms with Crippen molar-refractivity contribution in [3.8, 4) is 16.9 Å². The first kappa shape index (κ1) is 24.5. The number of benzene rings is 2. The van der Waals surface area contributed by atoms with Crippen LogP contribution in [0, 0.1) is 0 Å². The van der Waals surface area contributed by atoms with E-state index in [0.29, 0.717) is 17.5 Å². The van der Waals surface area contributed by atoms with Crippen LogP contribution >= 0.6 is 18.5 Å². The second kappa shape index (κ2) is 9.15. The van der Waals surface area contributed by atoms with Crippen LogP contribution in [-0.2, 0) is 18.0 Å². The van der Waals surface area contributed by atoms with Crippen molar-refractivity contribution in [2.45, 2.75) is 6.42 Å². The van der Waals surface area contributed by atoms with Crippen molar-refractivity contribution < 1.29 is 9.67 Å². The van der Waals surface area contributed by atoms with Crippen LogP contribution in [0.5, 0.6) is 5.75 Å². The summed E-state index contributed by atoms with van der Waals surface area (Å²) in [5, 5.41) is 24.8. The molecule has 0 saturated heterocycles. The molecule has 9 nitrogen and oxygen atoms in total. The van der Waals surface area contributed by atoms with Crippen LogP contribution in [0.2, 0.25) is 0 Å². The quantitative estimate of drug-likeness (QED) is 0.196. The van der Waals surface area contributed by atoms with Gasteiger partial charge in [0.15, 0.2) is 5.82 Å². The third-order valence-electron chi connectivity index (χ3n) is 6.85. The number of hydrogen-bond donors (Lipinski definition) is 3. The van der Waals surface area contributed by atoms with Crippen LogP contribution in [0.4, 0.5) is 28.8 Å². The summed E-state index contributed by atoms with van der Waals surface area (Å²) in [6, 6.07) is 13.2. The van der Waals surface area contributed by atoms with Crippen LogP contribution in [0.1, 0.15) is 5.69 Å². The van der Waals surface area contributed by atoms with Crippen LogP contribution in [0.3, 0.4) is 0 Å². The summed E-state index contributed by atoms with van der Waals surface area (Å²) < 4.78 is 15.7. The number of phenolic OH excluding ortho intramolecular Hbond substituents is 1. The number of thiophene rings is 1. The normalized spacial score (nSPS) is 13.2. The topological polar surface area (TPSA) is 108 Å². The van der Waals surface area contributed by atoms with E-state index in [2.05, 4.69) is 20.6 Å². The number of likely N-dealkylation sites (N-methyl/N-ethyl adjacent to an activating group) is 1. The molecule has 4 heterocycles. The largest absolute Gasteiger partial charge is 0.506 e. The van der Waals surface area contributed by atoms with Crippen molar-refractivity contribution in [3.63, 3.8) is 0 Å². The molecule has 2 aromatic carbocycles. The lowest BCUT2D eigenvalue weighted by molar-refractivity contribution is 0.477. The molecule has 0 amide bonds. The number of para-hydroxylation sites is 1. The van der Waals surface area contributed by atoms with Crippen molar-refractivity contribution in [2.24, 2.45) is 7.05 Å². The summed E-state index contributed by atoms with van der Waals surface area (Å²) in [4.78, 5) is 11.6. The molecule has 0 saturated carbocycles. The fourth-order valence-corrected chi connectivity index (χ4v) is 6.82. The summed E-state index contributed by atoms with van der Waals surface area (Å²) in [6.07, 6.45) is 2.74. The maximum Gasteiger partial charge on any atom is 0.229 e. The number of phenols is 1. The molecule has 5 aromatic rings. The van der Waals surface area contributed by atoms with Crippen LogP contribution in [0.25, 0.3) is 21.3 Å². The van der Waals surface area contributed by atoms with E-state index in [4.69, 9.17) is 9.97 Å². The first-order chi connectivity index (χ1) is 18.2. The third-order valence-corrected chi connectivity index (χ3v) is 9.31. The fourth-order valence-electron chi connectivity index (χ4n) is 4.89. The van der Waals surface area contributed by atoms with Crippen molar-refractivity contribution >= 4 is 62.8 Å². The molecule has 194 valence electrons. The number of anilines is 5. The molecule has 38 heavy (non-hydrogen) atoms. The van der Waals surface area contributed by atoms with E-state index in [1.54, 1.807) is 19.4 Å². The highest BCUT2D eigenvalue weighted by molar-refractivity contribution is 7.70. The standard InChI is InChI=1S/C27H28N7O2PS/c1-33-11-9-21-17(15-28-34(21)2)16-13-20(23(35)14-22(16)33)31-27-30-19-10-12-38-25(19)26(32-27)29-18-7-5-6-8-24(18)37(3,4)36/h5-8,10,12-15,35H,9,11H2,1-4H3,(H2,29,30,31,32). The zero-order valence-corrected chi connectivity index (χ0v) is 23.3. The van der Waals surface area contributed by atoms with Gasteiger partial charge in [-0.2, -0.15) is 10.1 Å². The number of fused-ring (bicyclic) bond motifs is 4. The minimum absolute atomic E-state index is 0.106. The van der Waals surface area contributed by atoms with Crippen LogP contribution in [0.15, 0.2) is 54.0 Å². The number of hydrogen-bond acceptors (Lipinski definition) is 9. The molecule has 0 radical (unpaired) electrons. The molecular weight excluding hydrogens is 517 g/mol. The first-order valence-corrected chi connectivity index (χ1v) is 15.7. The molecule has 0 bridgehead atoms. The van der Waals surface area contributed by atoms with Gasteiger partial charge in [-0.3, -0.25) is 4.68 Å². The lowest BCUT2D eigenvalue weighted by atomic mass is 10.0. The van der Waals surface area contributed by atoms with Gasteiger partial charge in [0.2, 0.25) is 5.95 Å². The van der Waals surface area contributed by atoms with Gasteiger partial charge in [0, 0.05) is 60.9 Å². The number of aromatic nitrogens is 4. The average molecular weight is 546 g/mol. The van der Waals surface area contributed by atoms with Gasteiger partial charge in [-0.25, -0.2) is 4.98 Å². The number of nitrogens with one attached hydrogen (secondary N) is 2. The summed E-state index contributed by atoms with van der Waals surface area (Å²) in [6.45, 7) is 4.34. The van der Waals surface area contributed by atoms with Gasteiger partial charge in [-0.05, 0) is 43.0 Å². The molecule has 1 aliphatic rings. The molecule has 11 heteroatoms. The van der Waals surface area contributed by atoms with E-state index >= 15 is 0 Å². The van der Waals surface area contributed by atoms with E-state index in [-0.39, 0.29) is 5.75 Å². The van der Waals surface area contributed by atoms with Gasteiger partial charge in [0.1, 0.15) is 12.9 Å². The van der Waals surface area contributed by atoms with E-state index in [1.807, 2.05) is 66.8 Å².